The molecule has 0 aromatic carbocycles. The van der Waals surface area contributed by atoms with Crippen LogP contribution in [0.25, 0.3) is 0 Å². The summed E-state index contributed by atoms with van der Waals surface area (Å²) >= 11 is 1.59. The van der Waals surface area contributed by atoms with Crippen molar-refractivity contribution in [2.24, 2.45) is 17.8 Å². The topological polar surface area (TPSA) is 81.2 Å². The number of hydrogen-bond donors (Lipinski definition) is 1. The third kappa shape index (κ3) is 3.41. The van der Waals surface area contributed by atoms with E-state index < -0.39 is 28.7 Å². The highest BCUT2D eigenvalue weighted by atomic mass is 32.2. The van der Waals surface area contributed by atoms with Crippen LogP contribution in [0.15, 0.2) is 24.3 Å². The molecule has 3 amide bonds. The van der Waals surface area contributed by atoms with Gasteiger partial charge in [0.25, 0.3) is 0 Å². The fourth-order valence-electron chi connectivity index (χ4n) is 5.90. The number of carbonyl (C=O) groups excluding carboxylic acids is 3. The molecule has 2 saturated heterocycles. The van der Waals surface area contributed by atoms with E-state index in [0.717, 1.165) is 0 Å². The maximum Gasteiger partial charge on any atom is 0.247 e. The first-order valence-corrected chi connectivity index (χ1v) is 12.5. The Morgan fingerprint density at radius 3 is 2.44 bits per heavy atom. The smallest absolute Gasteiger partial charge is 0.247 e. The minimum atomic E-state index is -0.810. The van der Waals surface area contributed by atoms with Crippen LogP contribution in [0, 0.1) is 17.8 Å². The van der Waals surface area contributed by atoms with Gasteiger partial charge in [0.05, 0.1) is 29.2 Å². The maximum atomic E-state index is 14.1. The average molecular weight is 462 g/mol. The largest absolute Gasteiger partial charge is 0.394 e. The van der Waals surface area contributed by atoms with Gasteiger partial charge in [0.15, 0.2) is 0 Å². The van der Waals surface area contributed by atoms with Crippen LogP contribution in [0.5, 0.6) is 0 Å². The molecule has 2 fully saturated rings. The zero-order valence-electron chi connectivity index (χ0n) is 19.6. The highest BCUT2D eigenvalue weighted by Gasteiger charge is 2.71. The molecule has 0 bridgehead atoms. The van der Waals surface area contributed by atoms with Crippen LogP contribution >= 0.6 is 11.8 Å². The van der Waals surface area contributed by atoms with E-state index in [1.54, 1.807) is 33.5 Å². The van der Waals surface area contributed by atoms with Crippen LogP contribution < -0.4 is 0 Å². The highest BCUT2D eigenvalue weighted by molar-refractivity contribution is 8.02. The van der Waals surface area contributed by atoms with Crippen molar-refractivity contribution in [2.75, 3.05) is 26.7 Å². The molecule has 4 aliphatic rings. The van der Waals surface area contributed by atoms with Gasteiger partial charge in [0.2, 0.25) is 17.7 Å². The average Bonchev–Trinajstić information content (AvgIpc) is 3.05. The summed E-state index contributed by atoms with van der Waals surface area (Å²) in [5.74, 6) is -1.17. The van der Waals surface area contributed by atoms with Gasteiger partial charge in [0.1, 0.15) is 6.04 Å². The first kappa shape index (κ1) is 23.4. The second-order valence-corrected chi connectivity index (χ2v) is 11.7. The van der Waals surface area contributed by atoms with E-state index in [1.165, 1.54) is 0 Å². The monoisotopic (exact) mass is 461 g/mol. The number of carbonyl (C=O) groups is 3. The van der Waals surface area contributed by atoms with Crippen molar-refractivity contribution in [3.63, 3.8) is 0 Å². The standard InChI is InChI=1S/C24H35N3O4S/c1-14(2)12-16(13-28)27-20-23(31)26(15(3)4)11-7-9-24(20)19(22(27)30)18-17(32-24)8-6-10-25(5)21(18)29/h6-9,14-20,28H,10-13H2,1-5H3/t16-,17-,18+,19+,20?,24+/m1/s1. The SMILES string of the molecule is CC(C)C[C@H](CO)N1C(=O)[C@@H]2[C@H]3C(=O)N(C)CC=C[C@H]3S[C@@]23C=CCN(C(C)C)C(=O)C13. The minimum absolute atomic E-state index is 0.0134. The van der Waals surface area contributed by atoms with Crippen molar-refractivity contribution in [2.45, 2.75) is 62.2 Å². The summed E-state index contributed by atoms with van der Waals surface area (Å²) in [7, 11) is 1.77. The molecule has 1 spiro atoms. The number of likely N-dealkylation sites (tertiary alicyclic amines) is 1. The Balaban J connectivity index is 1.87. The molecule has 0 aromatic rings. The maximum absolute atomic E-state index is 14.1. The summed E-state index contributed by atoms with van der Waals surface area (Å²) in [4.78, 5) is 46.6. The number of thioether (sulfide) groups is 1. The third-order valence-corrected chi connectivity index (χ3v) is 9.04. The number of aliphatic hydroxyl groups is 1. The van der Waals surface area contributed by atoms with E-state index in [2.05, 4.69) is 13.8 Å². The van der Waals surface area contributed by atoms with Gasteiger partial charge in [-0.1, -0.05) is 38.2 Å². The normalized spacial score (nSPS) is 35.4. The molecule has 1 unspecified atom stereocenters. The number of nitrogens with zero attached hydrogens (tertiary/aromatic N) is 3. The van der Waals surface area contributed by atoms with E-state index in [9.17, 15) is 19.5 Å². The minimum Gasteiger partial charge on any atom is -0.394 e. The summed E-state index contributed by atoms with van der Waals surface area (Å²) in [6.45, 7) is 8.87. The molecule has 0 aromatic heterocycles. The lowest BCUT2D eigenvalue weighted by atomic mass is 9.78. The molecule has 1 N–H and O–H groups in total. The zero-order valence-corrected chi connectivity index (χ0v) is 20.4. The summed E-state index contributed by atoms with van der Waals surface area (Å²) in [6, 6.07) is -1.19. The molecule has 0 saturated carbocycles. The Labute approximate surface area is 194 Å². The molecule has 4 aliphatic heterocycles. The molecular weight excluding hydrogens is 426 g/mol. The van der Waals surface area contributed by atoms with Crippen molar-refractivity contribution in [1.29, 1.82) is 0 Å². The van der Waals surface area contributed by atoms with Crippen molar-refractivity contribution in [3.8, 4) is 0 Å². The number of likely N-dealkylation sites (N-methyl/N-ethyl adjacent to an activating group) is 1. The van der Waals surface area contributed by atoms with Gasteiger partial charge < -0.3 is 19.8 Å². The molecule has 7 nitrogen and oxygen atoms in total. The van der Waals surface area contributed by atoms with E-state index in [0.29, 0.717) is 19.5 Å². The third-order valence-electron chi connectivity index (χ3n) is 7.30. The number of amides is 3. The second-order valence-electron chi connectivity index (χ2n) is 10.2. The molecule has 32 heavy (non-hydrogen) atoms. The molecule has 4 heterocycles. The Morgan fingerprint density at radius 2 is 1.81 bits per heavy atom. The van der Waals surface area contributed by atoms with Crippen LogP contribution in [0.4, 0.5) is 0 Å². The first-order chi connectivity index (χ1) is 15.1. The quantitative estimate of drug-likeness (QED) is 0.628. The van der Waals surface area contributed by atoms with Crippen LogP contribution in [0.3, 0.4) is 0 Å². The Bertz CT molecular complexity index is 856. The molecule has 0 radical (unpaired) electrons. The van der Waals surface area contributed by atoms with E-state index in [1.807, 2.05) is 38.2 Å². The summed E-state index contributed by atoms with van der Waals surface area (Å²) in [6.07, 6.45) is 8.66. The molecule has 8 heteroatoms. The number of aliphatic hydroxyl groups excluding tert-OH is 1. The van der Waals surface area contributed by atoms with E-state index in [4.69, 9.17) is 0 Å². The molecular formula is C24H35N3O4S. The van der Waals surface area contributed by atoms with Crippen LogP contribution in [0.1, 0.15) is 34.1 Å². The predicted molar refractivity (Wildman–Crippen MR) is 125 cm³/mol. The van der Waals surface area contributed by atoms with Crippen molar-refractivity contribution < 1.29 is 19.5 Å². The van der Waals surface area contributed by atoms with Gasteiger partial charge in [-0.05, 0) is 26.2 Å². The molecule has 0 aliphatic carbocycles. The van der Waals surface area contributed by atoms with Gasteiger partial charge in [0, 0.05) is 31.4 Å². The van der Waals surface area contributed by atoms with Crippen molar-refractivity contribution in [3.05, 3.63) is 24.3 Å². The van der Waals surface area contributed by atoms with Gasteiger partial charge in [-0.15, -0.1) is 11.8 Å². The molecule has 6 atom stereocenters. The Morgan fingerprint density at radius 1 is 1.09 bits per heavy atom. The van der Waals surface area contributed by atoms with Crippen LogP contribution in [-0.2, 0) is 14.4 Å². The van der Waals surface area contributed by atoms with Crippen molar-refractivity contribution in [1.82, 2.24) is 14.7 Å². The Kier molecular flexibility index (Phi) is 6.22. The number of rotatable bonds is 5. The van der Waals surface area contributed by atoms with Gasteiger partial charge >= 0.3 is 0 Å². The predicted octanol–water partition coefficient (Wildman–Crippen LogP) is 1.53. The fourth-order valence-corrected chi connectivity index (χ4v) is 7.89. The molecule has 4 rings (SSSR count). The lowest BCUT2D eigenvalue weighted by molar-refractivity contribution is -0.147. The van der Waals surface area contributed by atoms with Crippen LogP contribution in [-0.4, -0.2) is 92.4 Å². The highest BCUT2D eigenvalue weighted by Crippen LogP contribution is 2.61. The summed E-state index contributed by atoms with van der Waals surface area (Å²) in [5.41, 5.74) is 0. The van der Waals surface area contributed by atoms with Crippen LogP contribution in [0.2, 0.25) is 0 Å². The number of hydrogen-bond acceptors (Lipinski definition) is 5. The molecule has 176 valence electrons. The Hall–Kier alpha value is -1.80. The fraction of sp³-hybridized carbons (Fsp3) is 0.708. The van der Waals surface area contributed by atoms with Gasteiger partial charge in [-0.25, -0.2) is 0 Å². The first-order valence-electron chi connectivity index (χ1n) is 11.6. The summed E-state index contributed by atoms with van der Waals surface area (Å²) < 4.78 is -0.810. The summed E-state index contributed by atoms with van der Waals surface area (Å²) in [5, 5.41) is 10.1. The van der Waals surface area contributed by atoms with E-state index >= 15 is 0 Å². The van der Waals surface area contributed by atoms with E-state index in [-0.39, 0.29) is 41.5 Å². The number of fused-ring (bicyclic) bond motifs is 2. The van der Waals surface area contributed by atoms with Gasteiger partial charge in [-0.3, -0.25) is 14.4 Å². The lowest BCUT2D eigenvalue weighted by Crippen LogP contribution is -2.57. The second kappa shape index (κ2) is 8.52. The van der Waals surface area contributed by atoms with Crippen molar-refractivity contribution >= 4 is 29.5 Å². The van der Waals surface area contributed by atoms with Gasteiger partial charge in [-0.2, -0.15) is 0 Å². The lowest BCUT2D eigenvalue weighted by Gasteiger charge is -2.39. The zero-order chi connectivity index (χ0) is 23.4.